The van der Waals surface area contributed by atoms with Crippen molar-refractivity contribution >= 4 is 11.7 Å². The van der Waals surface area contributed by atoms with Gasteiger partial charge in [-0.25, -0.2) is 4.98 Å². The number of piperazine rings is 1. The van der Waals surface area contributed by atoms with Gasteiger partial charge < -0.3 is 19.3 Å². The van der Waals surface area contributed by atoms with Gasteiger partial charge in [-0.1, -0.05) is 6.07 Å². The summed E-state index contributed by atoms with van der Waals surface area (Å²) >= 11 is 0. The first-order chi connectivity index (χ1) is 16.4. The Kier molecular flexibility index (Phi) is 6.24. The van der Waals surface area contributed by atoms with Gasteiger partial charge in [-0.3, -0.25) is 9.69 Å². The number of hydrogen-bond acceptors (Lipinski definition) is 6. The Balaban J connectivity index is 1.17. The fourth-order valence-corrected chi connectivity index (χ4v) is 4.84. The molecule has 1 aromatic heterocycles. The second-order valence-electron chi connectivity index (χ2n) is 8.81. The lowest BCUT2D eigenvalue weighted by atomic mass is 10.0. The molecule has 3 aliphatic rings. The van der Waals surface area contributed by atoms with Crippen LogP contribution in [0.5, 0.6) is 11.5 Å². The summed E-state index contributed by atoms with van der Waals surface area (Å²) in [5.74, 6) is 2.10. The van der Waals surface area contributed by atoms with E-state index in [0.29, 0.717) is 51.8 Å². The third kappa shape index (κ3) is 4.77. The van der Waals surface area contributed by atoms with Crippen LogP contribution in [0, 0.1) is 0 Å². The molecule has 5 rings (SSSR count). The van der Waals surface area contributed by atoms with E-state index >= 15 is 0 Å². The normalized spacial score (nSPS) is 21.1. The molecule has 0 bridgehead atoms. The van der Waals surface area contributed by atoms with Crippen molar-refractivity contribution in [2.45, 2.75) is 25.1 Å². The zero-order valence-corrected chi connectivity index (χ0v) is 18.8. The lowest BCUT2D eigenvalue weighted by molar-refractivity contribution is -0.137. The van der Waals surface area contributed by atoms with Gasteiger partial charge in [0.25, 0.3) is 0 Å². The molecule has 2 fully saturated rings. The number of amides is 1. The number of fused-ring (bicyclic) bond motifs is 1. The highest BCUT2D eigenvalue weighted by molar-refractivity contribution is 5.79. The maximum atomic E-state index is 13.2. The lowest BCUT2D eigenvalue weighted by Crippen LogP contribution is -2.50. The van der Waals surface area contributed by atoms with Crippen LogP contribution < -0.4 is 14.4 Å². The molecule has 2 aromatic rings. The number of carbonyl (C=O) groups excluding carboxylic acids is 1. The molecular formula is C24H27F3N4O3. The highest BCUT2D eigenvalue weighted by Gasteiger charge is 2.33. The van der Waals surface area contributed by atoms with Crippen LogP contribution in [0.2, 0.25) is 0 Å². The van der Waals surface area contributed by atoms with Gasteiger partial charge in [-0.05, 0) is 42.7 Å². The average molecular weight is 476 g/mol. The van der Waals surface area contributed by atoms with Gasteiger partial charge in [0.05, 0.1) is 18.2 Å². The molecule has 0 N–H and O–H groups in total. The van der Waals surface area contributed by atoms with Crippen molar-refractivity contribution in [1.82, 2.24) is 14.8 Å². The minimum absolute atomic E-state index is 0.0287. The Morgan fingerprint density at radius 1 is 1.00 bits per heavy atom. The van der Waals surface area contributed by atoms with Gasteiger partial charge in [0, 0.05) is 38.9 Å². The van der Waals surface area contributed by atoms with Crippen molar-refractivity contribution in [3.63, 3.8) is 0 Å². The molecule has 34 heavy (non-hydrogen) atoms. The lowest BCUT2D eigenvalue weighted by Gasteiger charge is -2.36. The van der Waals surface area contributed by atoms with Crippen LogP contribution in [0.25, 0.3) is 0 Å². The van der Waals surface area contributed by atoms with Gasteiger partial charge >= 0.3 is 6.18 Å². The maximum absolute atomic E-state index is 13.2. The molecular weight excluding hydrogens is 449 g/mol. The van der Waals surface area contributed by atoms with E-state index in [1.54, 1.807) is 0 Å². The molecule has 1 unspecified atom stereocenters. The van der Waals surface area contributed by atoms with E-state index in [1.165, 1.54) is 6.07 Å². The zero-order valence-electron chi connectivity index (χ0n) is 18.8. The van der Waals surface area contributed by atoms with Gasteiger partial charge in [-0.15, -0.1) is 0 Å². The van der Waals surface area contributed by atoms with E-state index in [2.05, 4.69) is 9.88 Å². The molecule has 0 radical (unpaired) electrons. The number of aromatic nitrogens is 1. The van der Waals surface area contributed by atoms with Crippen molar-refractivity contribution < 1.29 is 27.4 Å². The van der Waals surface area contributed by atoms with Gasteiger partial charge in [-0.2, -0.15) is 13.2 Å². The molecule has 1 atom stereocenters. The van der Waals surface area contributed by atoms with Crippen molar-refractivity contribution in [2.24, 2.45) is 0 Å². The molecule has 2 saturated heterocycles. The summed E-state index contributed by atoms with van der Waals surface area (Å²) in [7, 11) is 0. The van der Waals surface area contributed by atoms with Crippen molar-refractivity contribution in [2.75, 3.05) is 57.4 Å². The van der Waals surface area contributed by atoms with Crippen LogP contribution in [0.15, 0.2) is 36.5 Å². The largest absolute Gasteiger partial charge is 0.486 e. The number of halogens is 3. The molecule has 10 heteroatoms. The Hall–Kier alpha value is -3.01. The van der Waals surface area contributed by atoms with Crippen LogP contribution in [0.4, 0.5) is 19.0 Å². The van der Waals surface area contributed by atoms with Crippen molar-refractivity contribution in [3.05, 3.63) is 47.7 Å². The summed E-state index contributed by atoms with van der Waals surface area (Å²) in [6, 6.07) is 8.41. The van der Waals surface area contributed by atoms with Crippen LogP contribution in [-0.4, -0.2) is 73.2 Å². The fourth-order valence-electron chi connectivity index (χ4n) is 4.84. The predicted molar refractivity (Wildman–Crippen MR) is 119 cm³/mol. The van der Waals surface area contributed by atoms with Crippen molar-refractivity contribution in [3.8, 4) is 11.5 Å². The van der Waals surface area contributed by atoms with E-state index in [0.717, 1.165) is 48.7 Å². The van der Waals surface area contributed by atoms with E-state index in [9.17, 15) is 18.0 Å². The molecule has 0 spiro atoms. The molecule has 7 nitrogen and oxygen atoms in total. The number of anilines is 1. The number of likely N-dealkylation sites (tertiary alicyclic amines) is 1. The number of pyridine rings is 1. The summed E-state index contributed by atoms with van der Waals surface area (Å²) in [4.78, 5) is 23.2. The summed E-state index contributed by atoms with van der Waals surface area (Å²) in [5, 5.41) is 0. The minimum atomic E-state index is -4.39. The van der Waals surface area contributed by atoms with Gasteiger partial charge in [0.15, 0.2) is 11.5 Å². The molecule has 4 heterocycles. The molecule has 0 saturated carbocycles. The summed E-state index contributed by atoms with van der Waals surface area (Å²) < 4.78 is 49.6. The second kappa shape index (κ2) is 9.32. The van der Waals surface area contributed by atoms with Crippen LogP contribution >= 0.6 is 0 Å². The molecule has 1 amide bonds. The first kappa shape index (κ1) is 22.8. The third-order valence-electron chi connectivity index (χ3n) is 6.65. The van der Waals surface area contributed by atoms with E-state index in [1.807, 2.05) is 28.0 Å². The smallest absolute Gasteiger partial charge is 0.417 e. The van der Waals surface area contributed by atoms with E-state index in [4.69, 9.17) is 9.47 Å². The monoisotopic (exact) mass is 476 g/mol. The first-order valence-electron chi connectivity index (χ1n) is 11.6. The number of nitrogens with zero attached hydrogens (tertiary/aromatic N) is 4. The summed E-state index contributed by atoms with van der Waals surface area (Å²) in [5.41, 5.74) is 0.312. The van der Waals surface area contributed by atoms with Gasteiger partial charge in [0.1, 0.15) is 19.0 Å². The number of carbonyl (C=O) groups is 1. The fraction of sp³-hybridized carbons (Fsp3) is 0.500. The number of benzene rings is 1. The molecule has 3 aliphatic heterocycles. The minimum Gasteiger partial charge on any atom is -0.486 e. The van der Waals surface area contributed by atoms with E-state index < -0.39 is 11.7 Å². The Morgan fingerprint density at radius 3 is 2.47 bits per heavy atom. The number of rotatable bonds is 4. The summed E-state index contributed by atoms with van der Waals surface area (Å²) in [6.07, 6.45) is -1.65. The van der Waals surface area contributed by atoms with Gasteiger partial charge in [0.2, 0.25) is 5.91 Å². The third-order valence-corrected chi connectivity index (χ3v) is 6.65. The Morgan fingerprint density at radius 2 is 1.76 bits per heavy atom. The zero-order chi connectivity index (χ0) is 23.7. The number of ether oxygens (including phenoxy) is 2. The average Bonchev–Trinajstić information content (AvgIpc) is 3.34. The number of alkyl halides is 3. The highest BCUT2D eigenvalue weighted by atomic mass is 19.4. The first-order valence-corrected chi connectivity index (χ1v) is 11.6. The molecule has 0 aliphatic carbocycles. The Labute approximate surface area is 196 Å². The maximum Gasteiger partial charge on any atom is 0.417 e. The number of hydrogen-bond donors (Lipinski definition) is 0. The quantitative estimate of drug-likeness (QED) is 0.675. The SMILES string of the molecule is O=C(CN1CCN(c2ccc(C(F)(F)F)cn2)CC1)N1CCCC1c1ccc2c(c1)OCCO2. The van der Waals surface area contributed by atoms with E-state index in [-0.39, 0.29) is 11.9 Å². The standard InChI is InChI=1S/C24H27F3N4O3/c25-24(26,27)18-4-6-22(28-15-18)30-10-8-29(9-11-30)16-23(32)31-7-1-2-19(31)17-3-5-20-21(14-17)34-13-12-33-20/h3-6,14-15,19H,1-2,7-13,16H2. The molecule has 182 valence electrons. The summed E-state index contributed by atoms with van der Waals surface area (Å²) in [6.45, 7) is 4.64. The topological polar surface area (TPSA) is 58.1 Å². The van der Waals surface area contributed by atoms with Crippen LogP contribution in [0.3, 0.4) is 0 Å². The second-order valence-corrected chi connectivity index (χ2v) is 8.81. The predicted octanol–water partition coefficient (Wildman–Crippen LogP) is 3.36. The van der Waals surface area contributed by atoms with Crippen molar-refractivity contribution in [1.29, 1.82) is 0 Å². The van der Waals surface area contributed by atoms with Crippen LogP contribution in [-0.2, 0) is 11.0 Å². The highest BCUT2D eigenvalue weighted by Crippen LogP contribution is 2.38. The van der Waals surface area contributed by atoms with Crippen LogP contribution in [0.1, 0.15) is 30.0 Å². The Bertz CT molecular complexity index is 1020. The molecule has 1 aromatic carbocycles.